The van der Waals surface area contributed by atoms with Crippen LogP contribution < -0.4 is 10.2 Å². The number of rotatable bonds is 3. The van der Waals surface area contributed by atoms with Crippen LogP contribution in [0.1, 0.15) is 54.4 Å². The maximum absolute atomic E-state index is 15.0. The summed E-state index contributed by atoms with van der Waals surface area (Å²) in [4.78, 5) is 42.1. The van der Waals surface area contributed by atoms with Crippen molar-refractivity contribution in [1.29, 1.82) is 0 Å². The summed E-state index contributed by atoms with van der Waals surface area (Å²) in [6.45, 7) is 12.2. The molecule has 2 aliphatic rings. The van der Waals surface area contributed by atoms with E-state index >= 15 is 4.39 Å². The van der Waals surface area contributed by atoms with Crippen molar-refractivity contribution in [2.24, 2.45) is 5.41 Å². The molecule has 2 aliphatic heterocycles. The SMILES string of the molecule is CC(C)(C)OC(=O)Nc1nc2c(-c3c(Cl)cc4c(N5CC6CCC(C(C)(C)C)(C5)N6C(=O)O)nc(Cl)nc4c3Cl)ccc(F)c2s1. The maximum Gasteiger partial charge on any atom is 0.413 e. The van der Waals surface area contributed by atoms with Crippen LogP contribution in [0.2, 0.25) is 15.3 Å². The number of hydrogen-bond donors (Lipinski definition) is 2. The summed E-state index contributed by atoms with van der Waals surface area (Å²) in [6.07, 6.45) is -0.220. The Morgan fingerprint density at radius 1 is 1.11 bits per heavy atom. The van der Waals surface area contributed by atoms with Gasteiger partial charge in [-0.25, -0.2) is 23.9 Å². The zero-order valence-corrected chi connectivity index (χ0v) is 29.1. The van der Waals surface area contributed by atoms with Crippen LogP contribution in [0.4, 0.5) is 24.9 Å². The van der Waals surface area contributed by atoms with Gasteiger partial charge in [-0.1, -0.05) is 55.3 Å². The quantitative estimate of drug-likeness (QED) is 0.202. The first-order valence-corrected chi connectivity index (χ1v) is 16.6. The number of hydrogen-bond acceptors (Lipinski definition) is 8. The van der Waals surface area contributed by atoms with Gasteiger partial charge in [0.15, 0.2) is 5.13 Å². The van der Waals surface area contributed by atoms with E-state index in [1.807, 2.05) is 0 Å². The Kier molecular flexibility index (Phi) is 7.98. The molecule has 4 heterocycles. The van der Waals surface area contributed by atoms with Gasteiger partial charge >= 0.3 is 12.2 Å². The van der Waals surface area contributed by atoms with Gasteiger partial charge in [0.1, 0.15) is 17.2 Å². The fourth-order valence-electron chi connectivity index (χ4n) is 6.70. The largest absolute Gasteiger partial charge is 0.465 e. The molecule has 2 aromatic carbocycles. The molecule has 0 aliphatic carbocycles. The Labute approximate surface area is 283 Å². The molecule has 2 N–H and O–H groups in total. The van der Waals surface area contributed by atoms with Crippen molar-refractivity contribution < 1.29 is 23.8 Å². The number of fused-ring (bicyclic) bond motifs is 4. The second kappa shape index (κ2) is 11.2. The first-order chi connectivity index (χ1) is 21.4. The molecule has 4 aromatic rings. The molecular formula is C31H32Cl3FN6O4S. The Hall–Kier alpha value is -3.19. The average molecular weight is 710 g/mol. The zero-order valence-electron chi connectivity index (χ0n) is 26.0. The molecule has 2 fully saturated rings. The lowest BCUT2D eigenvalue weighted by atomic mass is 9.71. The molecule has 2 bridgehead atoms. The number of ether oxygens (including phenoxy) is 1. The van der Waals surface area contributed by atoms with Crippen LogP contribution in [-0.4, -0.2) is 67.4 Å². The number of nitrogens with one attached hydrogen (secondary N) is 1. The molecule has 2 amide bonds. The average Bonchev–Trinajstić information content (AvgIpc) is 3.46. The van der Waals surface area contributed by atoms with E-state index in [1.165, 1.54) is 12.1 Å². The van der Waals surface area contributed by atoms with Crippen LogP contribution in [0, 0.1) is 11.2 Å². The van der Waals surface area contributed by atoms with Gasteiger partial charge in [-0.2, -0.15) is 4.98 Å². The standard InChI is InChI=1S/C31H32Cl3FN6O4S/c1-29(2,3)31-10-9-14(41(31)28(43)44)12-40(13-31)24-16-11-17(32)19(20(33)21(16)36-25(34)38-24)15-7-8-18(35)23-22(15)37-26(46-23)39-27(42)45-30(4,5)6/h7-8,11,14H,9-10,12-13H2,1-6H3,(H,43,44)(H,37,39,42). The lowest BCUT2D eigenvalue weighted by Gasteiger charge is -2.54. The minimum atomic E-state index is -0.935. The molecule has 2 saturated heterocycles. The third-order valence-corrected chi connectivity index (χ3v) is 10.5. The predicted molar refractivity (Wildman–Crippen MR) is 180 cm³/mol. The zero-order chi connectivity index (χ0) is 33.5. The molecule has 0 spiro atoms. The molecular weight excluding hydrogens is 678 g/mol. The van der Waals surface area contributed by atoms with Gasteiger partial charge in [0, 0.05) is 29.6 Å². The highest BCUT2D eigenvalue weighted by atomic mass is 35.5. The smallest absolute Gasteiger partial charge is 0.413 e. The fourth-order valence-corrected chi connectivity index (χ4v) is 8.45. The predicted octanol–water partition coefficient (Wildman–Crippen LogP) is 9.10. The summed E-state index contributed by atoms with van der Waals surface area (Å²) in [7, 11) is 0. The van der Waals surface area contributed by atoms with Crippen molar-refractivity contribution in [3.05, 3.63) is 39.3 Å². The molecule has 2 aromatic heterocycles. The number of nitrogens with zero attached hydrogens (tertiary/aromatic N) is 5. The lowest BCUT2D eigenvalue weighted by molar-refractivity contribution is 0.00531. The van der Waals surface area contributed by atoms with Crippen molar-refractivity contribution in [1.82, 2.24) is 19.9 Å². The summed E-state index contributed by atoms with van der Waals surface area (Å²) < 4.78 is 20.5. The Bertz CT molecular complexity index is 1930. The van der Waals surface area contributed by atoms with E-state index in [1.54, 1.807) is 31.7 Å². The van der Waals surface area contributed by atoms with Gasteiger partial charge in [-0.15, -0.1) is 0 Å². The third kappa shape index (κ3) is 5.46. The number of halogens is 4. The second-order valence-corrected chi connectivity index (χ2v) is 15.8. The van der Waals surface area contributed by atoms with Crippen molar-refractivity contribution in [2.45, 2.75) is 71.6 Å². The first kappa shape index (κ1) is 32.7. The molecule has 0 radical (unpaired) electrons. The van der Waals surface area contributed by atoms with E-state index < -0.39 is 29.1 Å². The van der Waals surface area contributed by atoms with E-state index in [4.69, 9.17) is 39.5 Å². The van der Waals surface area contributed by atoms with Crippen LogP contribution in [-0.2, 0) is 4.74 Å². The van der Waals surface area contributed by atoms with Gasteiger partial charge in [0.25, 0.3) is 0 Å². The van der Waals surface area contributed by atoms with Crippen LogP contribution in [0.25, 0.3) is 32.2 Å². The van der Waals surface area contributed by atoms with Crippen LogP contribution >= 0.6 is 46.1 Å². The fraction of sp³-hybridized carbons (Fsp3) is 0.452. The second-order valence-electron chi connectivity index (χ2n) is 13.7. The number of amides is 2. The van der Waals surface area contributed by atoms with E-state index in [0.717, 1.165) is 17.8 Å². The molecule has 15 heteroatoms. The highest BCUT2D eigenvalue weighted by molar-refractivity contribution is 7.22. The minimum absolute atomic E-state index is 0.0442. The van der Waals surface area contributed by atoms with Gasteiger partial charge in [-0.3, -0.25) is 10.2 Å². The van der Waals surface area contributed by atoms with Crippen LogP contribution in [0.5, 0.6) is 0 Å². The van der Waals surface area contributed by atoms with Gasteiger partial charge < -0.3 is 14.7 Å². The normalized spacial score (nSPS) is 20.1. The Balaban J connectivity index is 1.46. The molecule has 2 atom stereocenters. The molecule has 2 unspecified atom stereocenters. The number of benzene rings is 2. The number of thiazole rings is 1. The van der Waals surface area contributed by atoms with Crippen molar-refractivity contribution >= 4 is 90.4 Å². The lowest BCUT2D eigenvalue weighted by Crippen LogP contribution is -2.68. The number of carbonyl (C=O) groups excluding carboxylic acids is 1. The van der Waals surface area contributed by atoms with E-state index in [-0.39, 0.29) is 42.1 Å². The first-order valence-electron chi connectivity index (χ1n) is 14.6. The summed E-state index contributed by atoms with van der Waals surface area (Å²) in [5, 5.41) is 13.8. The van der Waals surface area contributed by atoms with Crippen LogP contribution in [0.3, 0.4) is 0 Å². The number of aromatic nitrogens is 3. The topological polar surface area (TPSA) is 121 Å². The number of carboxylic acid groups (broad SMARTS) is 1. The molecule has 46 heavy (non-hydrogen) atoms. The van der Waals surface area contributed by atoms with Crippen molar-refractivity contribution in [3.8, 4) is 11.1 Å². The Morgan fingerprint density at radius 2 is 1.83 bits per heavy atom. The molecule has 6 rings (SSSR count). The van der Waals surface area contributed by atoms with Crippen molar-refractivity contribution in [2.75, 3.05) is 23.3 Å². The minimum Gasteiger partial charge on any atom is -0.465 e. The van der Waals surface area contributed by atoms with Gasteiger partial charge in [0.2, 0.25) is 5.28 Å². The molecule has 0 saturated carbocycles. The number of carbonyl (C=O) groups is 2. The number of piperazine rings is 1. The number of anilines is 2. The van der Waals surface area contributed by atoms with E-state index in [9.17, 15) is 14.7 Å². The van der Waals surface area contributed by atoms with E-state index in [0.29, 0.717) is 47.4 Å². The van der Waals surface area contributed by atoms with Gasteiger partial charge in [-0.05, 0) is 68.8 Å². The molecule has 10 nitrogen and oxygen atoms in total. The monoisotopic (exact) mass is 708 g/mol. The van der Waals surface area contributed by atoms with Gasteiger partial charge in [0.05, 0.1) is 37.4 Å². The highest BCUT2D eigenvalue weighted by Crippen LogP contribution is 2.51. The van der Waals surface area contributed by atoms with Crippen molar-refractivity contribution in [3.63, 3.8) is 0 Å². The summed E-state index contributed by atoms with van der Waals surface area (Å²) in [6, 6.07) is 4.26. The summed E-state index contributed by atoms with van der Waals surface area (Å²) >= 11 is 21.5. The molecule has 244 valence electrons. The maximum atomic E-state index is 15.0. The summed E-state index contributed by atoms with van der Waals surface area (Å²) in [5.41, 5.74) is -0.402. The van der Waals surface area contributed by atoms with Crippen LogP contribution in [0.15, 0.2) is 18.2 Å². The Morgan fingerprint density at radius 3 is 2.48 bits per heavy atom. The highest BCUT2D eigenvalue weighted by Gasteiger charge is 2.59. The summed E-state index contributed by atoms with van der Waals surface area (Å²) in [5.74, 6) is -0.0326. The van der Waals surface area contributed by atoms with E-state index in [2.05, 4.69) is 45.9 Å². The third-order valence-electron chi connectivity index (χ3n) is 8.71.